The Morgan fingerprint density at radius 2 is 1.54 bits per heavy atom. The van der Waals surface area contributed by atoms with Gasteiger partial charge in [0.1, 0.15) is 11.6 Å². The third-order valence-electron chi connectivity index (χ3n) is 4.56. The summed E-state index contributed by atoms with van der Waals surface area (Å²) in [5, 5.41) is 10.0. The molecule has 1 aliphatic heterocycles. The zero-order valence-electron chi connectivity index (χ0n) is 14.6. The van der Waals surface area contributed by atoms with E-state index in [2.05, 4.69) is 0 Å². The number of amides is 2. The van der Waals surface area contributed by atoms with E-state index < -0.39 is 5.82 Å². The Kier molecular flexibility index (Phi) is 5.21. The normalized spacial score (nSPS) is 14.8. The van der Waals surface area contributed by atoms with E-state index in [-0.39, 0.29) is 28.7 Å². The molecule has 0 spiro atoms. The number of hydrogen-bond donors (Lipinski definition) is 1. The molecule has 6 heteroatoms. The number of phenols is 1. The quantitative estimate of drug-likeness (QED) is 0.900. The van der Waals surface area contributed by atoms with Crippen molar-refractivity contribution in [2.75, 3.05) is 26.2 Å². The van der Waals surface area contributed by atoms with Crippen molar-refractivity contribution in [3.05, 3.63) is 65.0 Å². The van der Waals surface area contributed by atoms with Gasteiger partial charge in [0.25, 0.3) is 11.8 Å². The van der Waals surface area contributed by atoms with Crippen LogP contribution in [-0.4, -0.2) is 52.9 Å². The van der Waals surface area contributed by atoms with Gasteiger partial charge >= 0.3 is 0 Å². The van der Waals surface area contributed by atoms with Crippen molar-refractivity contribution in [3.63, 3.8) is 0 Å². The molecular weight excluding hydrogens is 335 g/mol. The van der Waals surface area contributed by atoms with E-state index in [0.29, 0.717) is 32.6 Å². The van der Waals surface area contributed by atoms with Gasteiger partial charge in [-0.2, -0.15) is 0 Å². The van der Waals surface area contributed by atoms with E-state index in [1.807, 2.05) is 6.92 Å². The van der Waals surface area contributed by atoms with Gasteiger partial charge in [-0.05, 0) is 43.2 Å². The molecule has 0 saturated carbocycles. The molecule has 1 N–H and O–H groups in total. The van der Waals surface area contributed by atoms with Crippen molar-refractivity contribution in [2.45, 2.75) is 13.3 Å². The molecule has 2 aromatic rings. The fourth-order valence-electron chi connectivity index (χ4n) is 3.12. The minimum atomic E-state index is -0.542. The maximum Gasteiger partial charge on any atom is 0.257 e. The van der Waals surface area contributed by atoms with Gasteiger partial charge in [-0.15, -0.1) is 0 Å². The molecule has 1 aliphatic rings. The average Bonchev–Trinajstić information content (AvgIpc) is 2.87. The van der Waals surface area contributed by atoms with Gasteiger partial charge in [-0.1, -0.05) is 18.2 Å². The molecule has 0 aliphatic carbocycles. The lowest BCUT2D eigenvalue weighted by Gasteiger charge is -2.22. The fraction of sp³-hybridized carbons (Fsp3) is 0.300. The van der Waals surface area contributed by atoms with E-state index >= 15 is 0 Å². The molecule has 136 valence electrons. The van der Waals surface area contributed by atoms with Crippen molar-refractivity contribution in [1.29, 1.82) is 0 Å². The van der Waals surface area contributed by atoms with Crippen LogP contribution in [0.4, 0.5) is 4.39 Å². The topological polar surface area (TPSA) is 60.9 Å². The van der Waals surface area contributed by atoms with Gasteiger partial charge in [0, 0.05) is 26.2 Å². The van der Waals surface area contributed by atoms with Crippen LogP contribution in [0, 0.1) is 12.7 Å². The van der Waals surface area contributed by atoms with Crippen molar-refractivity contribution < 1.29 is 19.1 Å². The van der Waals surface area contributed by atoms with Crippen LogP contribution in [0.3, 0.4) is 0 Å². The van der Waals surface area contributed by atoms with Gasteiger partial charge in [0.2, 0.25) is 0 Å². The largest absolute Gasteiger partial charge is 0.507 e. The fourth-order valence-corrected chi connectivity index (χ4v) is 3.12. The SMILES string of the molecule is Cc1ccc(C(=O)N2CCCN(C(=O)c3ccccc3F)CC2)c(O)c1. The van der Waals surface area contributed by atoms with Crippen LogP contribution < -0.4 is 0 Å². The zero-order valence-corrected chi connectivity index (χ0v) is 14.6. The minimum absolute atomic E-state index is 0.0430. The number of rotatable bonds is 2. The highest BCUT2D eigenvalue weighted by atomic mass is 19.1. The number of phenolic OH excluding ortho intramolecular Hbond substituents is 1. The summed E-state index contributed by atoms with van der Waals surface area (Å²) in [6.45, 7) is 3.44. The van der Waals surface area contributed by atoms with Gasteiger partial charge in [0.05, 0.1) is 11.1 Å². The predicted octanol–water partition coefficient (Wildman–Crippen LogP) is 2.83. The first-order valence-corrected chi connectivity index (χ1v) is 8.60. The standard InChI is InChI=1S/C20H21FN2O3/c1-14-7-8-16(18(24)13-14)20(26)23-10-4-9-22(11-12-23)19(25)15-5-2-3-6-17(15)21/h2-3,5-8,13,24H,4,9-12H2,1H3. The van der Waals surface area contributed by atoms with E-state index in [1.165, 1.54) is 12.1 Å². The Labute approximate surface area is 151 Å². The van der Waals surface area contributed by atoms with E-state index in [1.54, 1.807) is 40.1 Å². The molecule has 2 amide bonds. The number of halogens is 1. The maximum absolute atomic E-state index is 13.9. The monoisotopic (exact) mass is 356 g/mol. The summed E-state index contributed by atoms with van der Waals surface area (Å²) in [6, 6.07) is 10.8. The number of carbonyl (C=O) groups excluding carboxylic acids is 2. The van der Waals surface area contributed by atoms with Crippen molar-refractivity contribution in [1.82, 2.24) is 9.80 Å². The lowest BCUT2D eigenvalue weighted by Crippen LogP contribution is -2.37. The first-order valence-electron chi connectivity index (χ1n) is 8.60. The van der Waals surface area contributed by atoms with Crippen molar-refractivity contribution in [3.8, 4) is 5.75 Å². The Hall–Kier alpha value is -2.89. The van der Waals surface area contributed by atoms with Crippen LogP contribution in [-0.2, 0) is 0 Å². The molecule has 26 heavy (non-hydrogen) atoms. The zero-order chi connectivity index (χ0) is 18.7. The average molecular weight is 356 g/mol. The Balaban J connectivity index is 1.71. The summed E-state index contributed by atoms with van der Waals surface area (Å²) in [5.41, 5.74) is 1.17. The van der Waals surface area contributed by atoms with Crippen molar-refractivity contribution >= 4 is 11.8 Å². The third kappa shape index (κ3) is 3.69. The van der Waals surface area contributed by atoms with Gasteiger partial charge in [-0.25, -0.2) is 4.39 Å². The number of nitrogens with zero attached hydrogens (tertiary/aromatic N) is 2. The lowest BCUT2D eigenvalue weighted by atomic mass is 10.1. The van der Waals surface area contributed by atoms with E-state index in [0.717, 1.165) is 5.56 Å². The highest BCUT2D eigenvalue weighted by Gasteiger charge is 2.25. The molecule has 0 atom stereocenters. The summed E-state index contributed by atoms with van der Waals surface area (Å²) in [6.07, 6.45) is 0.596. The summed E-state index contributed by atoms with van der Waals surface area (Å²) in [7, 11) is 0. The summed E-state index contributed by atoms with van der Waals surface area (Å²) >= 11 is 0. The van der Waals surface area contributed by atoms with Gasteiger partial charge in [-0.3, -0.25) is 9.59 Å². The molecule has 1 saturated heterocycles. The number of aromatic hydroxyl groups is 1. The van der Waals surface area contributed by atoms with Gasteiger partial charge in [0.15, 0.2) is 0 Å². The van der Waals surface area contributed by atoms with Crippen LogP contribution >= 0.6 is 0 Å². The van der Waals surface area contributed by atoms with Crippen LogP contribution in [0.25, 0.3) is 0 Å². The molecule has 1 fully saturated rings. The summed E-state index contributed by atoms with van der Waals surface area (Å²) < 4.78 is 13.9. The number of benzene rings is 2. The molecule has 3 rings (SSSR count). The summed E-state index contributed by atoms with van der Waals surface area (Å²) in [5.74, 6) is -1.21. The second kappa shape index (κ2) is 7.56. The first-order chi connectivity index (χ1) is 12.5. The Morgan fingerprint density at radius 3 is 2.15 bits per heavy atom. The molecule has 0 bridgehead atoms. The molecule has 5 nitrogen and oxygen atoms in total. The second-order valence-electron chi connectivity index (χ2n) is 6.44. The molecule has 1 heterocycles. The first kappa shape index (κ1) is 17.9. The molecule has 2 aromatic carbocycles. The highest BCUT2D eigenvalue weighted by Crippen LogP contribution is 2.21. The third-order valence-corrected chi connectivity index (χ3v) is 4.56. The highest BCUT2D eigenvalue weighted by molar-refractivity contribution is 5.97. The smallest absolute Gasteiger partial charge is 0.257 e. The predicted molar refractivity (Wildman–Crippen MR) is 95.7 cm³/mol. The molecule has 0 unspecified atom stereocenters. The Bertz CT molecular complexity index is 838. The van der Waals surface area contributed by atoms with Crippen molar-refractivity contribution in [2.24, 2.45) is 0 Å². The molecule has 0 radical (unpaired) electrons. The molecule has 0 aromatic heterocycles. The molecular formula is C20H21FN2O3. The second-order valence-corrected chi connectivity index (χ2v) is 6.44. The van der Waals surface area contributed by atoms with Crippen LogP contribution in [0.2, 0.25) is 0 Å². The maximum atomic E-state index is 13.9. The Morgan fingerprint density at radius 1 is 0.923 bits per heavy atom. The summed E-state index contributed by atoms with van der Waals surface area (Å²) in [4.78, 5) is 28.4. The van der Waals surface area contributed by atoms with E-state index in [9.17, 15) is 19.1 Å². The van der Waals surface area contributed by atoms with Crippen LogP contribution in [0.5, 0.6) is 5.75 Å². The van der Waals surface area contributed by atoms with Crippen LogP contribution in [0.15, 0.2) is 42.5 Å². The van der Waals surface area contributed by atoms with Crippen LogP contribution in [0.1, 0.15) is 32.7 Å². The number of carbonyl (C=O) groups is 2. The minimum Gasteiger partial charge on any atom is -0.507 e. The number of hydrogen-bond acceptors (Lipinski definition) is 3. The lowest BCUT2D eigenvalue weighted by molar-refractivity contribution is 0.0714. The number of aryl methyl sites for hydroxylation is 1. The van der Waals surface area contributed by atoms with E-state index in [4.69, 9.17) is 0 Å². The van der Waals surface area contributed by atoms with Gasteiger partial charge < -0.3 is 14.9 Å².